The molecule has 1 unspecified atom stereocenters. The fourth-order valence-electron chi connectivity index (χ4n) is 3.00. The Morgan fingerprint density at radius 2 is 2.12 bits per heavy atom. The van der Waals surface area contributed by atoms with Crippen molar-refractivity contribution >= 4 is 5.82 Å². The van der Waals surface area contributed by atoms with Gasteiger partial charge in [0, 0.05) is 18.0 Å². The Kier molecular flexibility index (Phi) is 4.34. The molecule has 0 aromatic carbocycles. The van der Waals surface area contributed by atoms with E-state index in [2.05, 4.69) is 35.8 Å². The van der Waals surface area contributed by atoms with E-state index >= 15 is 0 Å². The molecular weight excluding hydrogens is 309 g/mol. The summed E-state index contributed by atoms with van der Waals surface area (Å²) in [5, 5.41) is 4.51. The van der Waals surface area contributed by atoms with Crippen molar-refractivity contribution in [3.05, 3.63) is 46.5 Å². The van der Waals surface area contributed by atoms with E-state index in [-0.39, 0.29) is 17.0 Å². The van der Waals surface area contributed by atoms with Gasteiger partial charge in [-0.2, -0.15) is 5.10 Å². The van der Waals surface area contributed by atoms with Crippen LogP contribution in [0.2, 0.25) is 0 Å². The first-order valence-electron chi connectivity index (χ1n) is 8.17. The minimum absolute atomic E-state index is 0.00480. The van der Waals surface area contributed by atoms with Crippen LogP contribution in [0.4, 0.5) is 10.2 Å². The maximum absolute atomic E-state index is 14.0. The van der Waals surface area contributed by atoms with E-state index < -0.39 is 5.82 Å². The molecule has 1 aliphatic rings. The molecule has 1 saturated heterocycles. The van der Waals surface area contributed by atoms with Gasteiger partial charge in [-0.15, -0.1) is 0 Å². The van der Waals surface area contributed by atoms with Crippen molar-refractivity contribution in [2.45, 2.75) is 51.6 Å². The summed E-state index contributed by atoms with van der Waals surface area (Å²) >= 11 is 0. The lowest BCUT2D eigenvalue weighted by Gasteiger charge is -2.26. The smallest absolute Gasteiger partial charge is 0.266 e. The molecular formula is C17H22FN5O. The molecule has 24 heavy (non-hydrogen) atoms. The number of hydrogen-bond acceptors (Lipinski definition) is 5. The van der Waals surface area contributed by atoms with Crippen LogP contribution >= 0.6 is 0 Å². The second kappa shape index (κ2) is 6.30. The normalized spacial score (nSPS) is 18.2. The van der Waals surface area contributed by atoms with Gasteiger partial charge in [-0.25, -0.2) is 19.0 Å². The topological polar surface area (TPSA) is 63.9 Å². The van der Waals surface area contributed by atoms with Crippen LogP contribution in [-0.4, -0.2) is 32.3 Å². The largest absolute Gasteiger partial charge is 0.349 e. The van der Waals surface area contributed by atoms with E-state index in [1.165, 1.54) is 17.2 Å². The van der Waals surface area contributed by atoms with Gasteiger partial charge in [0.05, 0.1) is 24.5 Å². The highest BCUT2D eigenvalue weighted by Gasteiger charge is 2.29. The Morgan fingerprint density at radius 3 is 2.83 bits per heavy atom. The molecule has 0 amide bonds. The second-order valence-electron chi connectivity index (χ2n) is 7.17. The molecule has 3 rings (SSSR count). The maximum Gasteiger partial charge on any atom is 0.266 e. The third-order valence-corrected chi connectivity index (χ3v) is 4.32. The van der Waals surface area contributed by atoms with E-state index in [0.717, 1.165) is 18.5 Å². The zero-order valence-electron chi connectivity index (χ0n) is 14.2. The first-order chi connectivity index (χ1) is 11.4. The van der Waals surface area contributed by atoms with Gasteiger partial charge in [-0.3, -0.25) is 4.79 Å². The van der Waals surface area contributed by atoms with Crippen LogP contribution in [0.1, 0.15) is 39.3 Å². The van der Waals surface area contributed by atoms with Crippen LogP contribution < -0.4 is 10.5 Å². The number of halogens is 1. The quantitative estimate of drug-likeness (QED) is 0.862. The van der Waals surface area contributed by atoms with Crippen molar-refractivity contribution in [2.24, 2.45) is 0 Å². The Balaban J connectivity index is 1.88. The Hall–Kier alpha value is -2.31. The van der Waals surface area contributed by atoms with E-state index in [1.807, 2.05) is 4.90 Å². The fourth-order valence-corrected chi connectivity index (χ4v) is 3.00. The zero-order valence-corrected chi connectivity index (χ0v) is 14.2. The van der Waals surface area contributed by atoms with Crippen LogP contribution in [0.25, 0.3) is 0 Å². The molecule has 7 heteroatoms. The molecule has 6 nitrogen and oxygen atoms in total. The standard InChI is InChI=1S/C17H22FN5O/c1-17(2,3)14-6-7-15(24)23(21-14)10-12-5-4-8-22(12)16-13(18)9-19-11-20-16/h6-7,9,11-12H,4-5,8,10H2,1-3H3. The summed E-state index contributed by atoms with van der Waals surface area (Å²) < 4.78 is 15.5. The highest BCUT2D eigenvalue weighted by Crippen LogP contribution is 2.26. The van der Waals surface area contributed by atoms with Crippen molar-refractivity contribution in [1.29, 1.82) is 0 Å². The van der Waals surface area contributed by atoms with Gasteiger partial charge in [0.25, 0.3) is 5.56 Å². The Bertz CT molecular complexity index is 783. The molecule has 128 valence electrons. The summed E-state index contributed by atoms with van der Waals surface area (Å²) in [5.74, 6) is -0.138. The van der Waals surface area contributed by atoms with E-state index in [1.54, 1.807) is 12.1 Å². The molecule has 3 heterocycles. The average Bonchev–Trinajstić information content (AvgIpc) is 2.97. The molecule has 0 spiro atoms. The van der Waals surface area contributed by atoms with Gasteiger partial charge in [-0.05, 0) is 18.9 Å². The van der Waals surface area contributed by atoms with Gasteiger partial charge in [0.2, 0.25) is 0 Å². The number of anilines is 1. The summed E-state index contributed by atoms with van der Waals surface area (Å²) in [5.41, 5.74) is 0.585. The highest BCUT2D eigenvalue weighted by molar-refractivity contribution is 5.41. The SMILES string of the molecule is CC(C)(C)c1ccc(=O)n(CC2CCCN2c2ncncc2F)n1. The van der Waals surface area contributed by atoms with E-state index in [0.29, 0.717) is 18.9 Å². The molecule has 0 saturated carbocycles. The van der Waals surface area contributed by atoms with Gasteiger partial charge in [0.15, 0.2) is 11.6 Å². The van der Waals surface area contributed by atoms with Crippen molar-refractivity contribution < 1.29 is 4.39 Å². The third kappa shape index (κ3) is 3.29. The summed E-state index contributed by atoms with van der Waals surface area (Å²) in [6, 6.07) is 3.32. The first kappa shape index (κ1) is 16.5. The molecule has 1 atom stereocenters. The molecule has 2 aromatic heterocycles. The van der Waals surface area contributed by atoms with Crippen LogP contribution in [0.15, 0.2) is 29.5 Å². The molecule has 0 N–H and O–H groups in total. The van der Waals surface area contributed by atoms with Crippen LogP contribution in [0, 0.1) is 5.82 Å². The number of nitrogens with zero attached hydrogens (tertiary/aromatic N) is 5. The monoisotopic (exact) mass is 331 g/mol. The molecule has 0 aliphatic carbocycles. The number of aromatic nitrogens is 4. The minimum Gasteiger partial charge on any atom is -0.349 e. The lowest BCUT2D eigenvalue weighted by molar-refractivity contribution is 0.453. The summed E-state index contributed by atoms with van der Waals surface area (Å²) in [6.45, 7) is 7.31. The first-order valence-corrected chi connectivity index (χ1v) is 8.17. The highest BCUT2D eigenvalue weighted by atomic mass is 19.1. The van der Waals surface area contributed by atoms with Crippen LogP contribution in [0.5, 0.6) is 0 Å². The lowest BCUT2D eigenvalue weighted by atomic mass is 9.92. The van der Waals surface area contributed by atoms with Gasteiger partial charge < -0.3 is 4.90 Å². The van der Waals surface area contributed by atoms with Gasteiger partial charge in [-0.1, -0.05) is 20.8 Å². The Morgan fingerprint density at radius 1 is 1.33 bits per heavy atom. The molecule has 1 fully saturated rings. The van der Waals surface area contributed by atoms with Crippen LogP contribution in [0.3, 0.4) is 0 Å². The molecule has 1 aliphatic heterocycles. The molecule has 0 bridgehead atoms. The van der Waals surface area contributed by atoms with E-state index in [9.17, 15) is 9.18 Å². The molecule has 0 radical (unpaired) electrons. The zero-order chi connectivity index (χ0) is 17.3. The Labute approximate surface area is 140 Å². The summed E-state index contributed by atoms with van der Waals surface area (Å²) in [6.07, 6.45) is 4.32. The third-order valence-electron chi connectivity index (χ3n) is 4.32. The summed E-state index contributed by atoms with van der Waals surface area (Å²) in [4.78, 5) is 21.9. The second-order valence-corrected chi connectivity index (χ2v) is 7.17. The van der Waals surface area contributed by atoms with E-state index in [4.69, 9.17) is 0 Å². The van der Waals surface area contributed by atoms with Crippen molar-refractivity contribution in [1.82, 2.24) is 19.7 Å². The molecule has 2 aromatic rings. The fraction of sp³-hybridized carbons (Fsp3) is 0.529. The predicted octanol–water partition coefficient (Wildman–Crippen LogP) is 2.14. The average molecular weight is 331 g/mol. The minimum atomic E-state index is -0.437. The predicted molar refractivity (Wildman–Crippen MR) is 89.6 cm³/mol. The van der Waals surface area contributed by atoms with Crippen LogP contribution in [-0.2, 0) is 12.0 Å². The summed E-state index contributed by atoms with van der Waals surface area (Å²) in [7, 11) is 0. The lowest BCUT2D eigenvalue weighted by Crippen LogP contribution is -2.38. The number of rotatable bonds is 3. The van der Waals surface area contributed by atoms with Gasteiger partial charge in [0.1, 0.15) is 6.33 Å². The van der Waals surface area contributed by atoms with Gasteiger partial charge >= 0.3 is 0 Å². The number of hydrogen-bond donors (Lipinski definition) is 0. The van der Waals surface area contributed by atoms with Crippen molar-refractivity contribution in [3.8, 4) is 0 Å². The van der Waals surface area contributed by atoms with Crippen molar-refractivity contribution in [2.75, 3.05) is 11.4 Å². The maximum atomic E-state index is 14.0. The van der Waals surface area contributed by atoms with Crippen molar-refractivity contribution in [3.63, 3.8) is 0 Å².